The predicted octanol–water partition coefficient (Wildman–Crippen LogP) is 2.92. The Morgan fingerprint density at radius 1 is 1.41 bits per heavy atom. The normalized spacial score (nSPS) is 19.9. The average Bonchev–Trinajstić information content (AvgIpc) is 2.33. The van der Waals surface area contributed by atoms with Crippen molar-refractivity contribution in [3.05, 3.63) is 28.7 Å². The molecule has 92 valence electrons. The zero-order chi connectivity index (χ0) is 12.1. The van der Waals surface area contributed by atoms with Crippen LogP contribution in [0.15, 0.2) is 28.7 Å². The molecule has 1 amide bonds. The number of rotatable bonds is 3. The van der Waals surface area contributed by atoms with E-state index in [0.717, 1.165) is 23.1 Å². The van der Waals surface area contributed by atoms with E-state index in [1.54, 1.807) is 0 Å². The summed E-state index contributed by atoms with van der Waals surface area (Å²) < 4.78 is 0.921. The van der Waals surface area contributed by atoms with Gasteiger partial charge in [0.25, 0.3) is 0 Å². The number of piperidine rings is 1. The molecule has 1 aromatic rings. The SMILES string of the molecule is O=C(CC1CCCCN1)Nc1ccccc1Br. The van der Waals surface area contributed by atoms with Crippen LogP contribution >= 0.6 is 15.9 Å². The summed E-state index contributed by atoms with van der Waals surface area (Å²) in [5.41, 5.74) is 0.841. The average molecular weight is 297 g/mol. The second-order valence-electron chi connectivity index (χ2n) is 4.38. The van der Waals surface area contributed by atoms with E-state index >= 15 is 0 Å². The Labute approximate surface area is 110 Å². The van der Waals surface area contributed by atoms with E-state index in [9.17, 15) is 4.79 Å². The zero-order valence-electron chi connectivity index (χ0n) is 9.71. The fourth-order valence-electron chi connectivity index (χ4n) is 2.09. The molecule has 0 saturated carbocycles. The molecule has 2 N–H and O–H groups in total. The number of amides is 1. The highest BCUT2D eigenvalue weighted by Crippen LogP contribution is 2.21. The van der Waals surface area contributed by atoms with Crippen LogP contribution in [0.3, 0.4) is 0 Å². The molecule has 3 nitrogen and oxygen atoms in total. The topological polar surface area (TPSA) is 41.1 Å². The van der Waals surface area contributed by atoms with Gasteiger partial charge in [0.15, 0.2) is 0 Å². The first-order valence-corrected chi connectivity index (χ1v) is 6.83. The molecule has 4 heteroatoms. The lowest BCUT2D eigenvalue weighted by molar-refractivity contribution is -0.116. The largest absolute Gasteiger partial charge is 0.325 e. The first kappa shape index (κ1) is 12.6. The lowest BCUT2D eigenvalue weighted by atomic mass is 10.0. The maximum atomic E-state index is 11.9. The Kier molecular flexibility index (Phi) is 4.57. The Morgan fingerprint density at radius 3 is 2.94 bits per heavy atom. The number of carbonyl (C=O) groups is 1. The van der Waals surface area contributed by atoms with E-state index < -0.39 is 0 Å². The van der Waals surface area contributed by atoms with E-state index in [-0.39, 0.29) is 5.91 Å². The number of hydrogen-bond acceptors (Lipinski definition) is 2. The molecule has 1 saturated heterocycles. The molecule has 0 spiro atoms. The van der Waals surface area contributed by atoms with E-state index in [4.69, 9.17) is 0 Å². The lowest BCUT2D eigenvalue weighted by Crippen LogP contribution is -2.36. The molecule has 1 atom stereocenters. The van der Waals surface area contributed by atoms with Crippen LogP contribution in [0.1, 0.15) is 25.7 Å². The minimum atomic E-state index is 0.0799. The van der Waals surface area contributed by atoms with Crippen molar-refractivity contribution >= 4 is 27.5 Å². The van der Waals surface area contributed by atoms with Crippen LogP contribution < -0.4 is 10.6 Å². The number of anilines is 1. The van der Waals surface area contributed by atoms with Gasteiger partial charge in [-0.25, -0.2) is 0 Å². The van der Waals surface area contributed by atoms with Gasteiger partial charge in [-0.3, -0.25) is 4.79 Å². The molecule has 0 bridgehead atoms. The molecular formula is C13H17BrN2O. The second-order valence-corrected chi connectivity index (χ2v) is 5.23. The van der Waals surface area contributed by atoms with Crippen molar-refractivity contribution in [2.24, 2.45) is 0 Å². The molecular weight excluding hydrogens is 280 g/mol. The van der Waals surface area contributed by atoms with Crippen molar-refractivity contribution in [2.75, 3.05) is 11.9 Å². The van der Waals surface area contributed by atoms with Crippen LogP contribution in [0.2, 0.25) is 0 Å². The predicted molar refractivity (Wildman–Crippen MR) is 73.0 cm³/mol. The molecule has 0 aliphatic carbocycles. The number of halogens is 1. The third-order valence-electron chi connectivity index (χ3n) is 2.99. The summed E-state index contributed by atoms with van der Waals surface area (Å²) >= 11 is 3.42. The van der Waals surface area contributed by atoms with Gasteiger partial charge in [0.1, 0.15) is 0 Å². The summed E-state index contributed by atoms with van der Waals surface area (Å²) in [6.07, 6.45) is 4.10. The molecule has 1 aliphatic rings. The molecule has 1 fully saturated rings. The molecule has 2 rings (SSSR count). The standard InChI is InChI=1S/C13H17BrN2O/c14-11-6-1-2-7-12(11)16-13(17)9-10-5-3-4-8-15-10/h1-2,6-7,10,15H,3-5,8-9H2,(H,16,17). The van der Waals surface area contributed by atoms with Crippen molar-refractivity contribution in [1.29, 1.82) is 0 Å². The molecule has 17 heavy (non-hydrogen) atoms. The van der Waals surface area contributed by atoms with Crippen LogP contribution in [0.4, 0.5) is 5.69 Å². The minimum Gasteiger partial charge on any atom is -0.325 e. The van der Waals surface area contributed by atoms with E-state index in [1.807, 2.05) is 24.3 Å². The van der Waals surface area contributed by atoms with Gasteiger partial charge < -0.3 is 10.6 Å². The van der Waals surface area contributed by atoms with Gasteiger partial charge in [-0.15, -0.1) is 0 Å². The number of carbonyl (C=O) groups excluding carboxylic acids is 1. The molecule has 0 aromatic heterocycles. The van der Waals surface area contributed by atoms with E-state index in [2.05, 4.69) is 26.6 Å². The summed E-state index contributed by atoms with van der Waals surface area (Å²) in [7, 11) is 0. The highest BCUT2D eigenvalue weighted by atomic mass is 79.9. The molecule has 0 radical (unpaired) electrons. The molecule has 1 unspecified atom stereocenters. The second kappa shape index (κ2) is 6.17. The summed E-state index contributed by atoms with van der Waals surface area (Å²) in [5.74, 6) is 0.0799. The van der Waals surface area contributed by atoms with Crippen LogP contribution in [-0.4, -0.2) is 18.5 Å². The summed E-state index contributed by atoms with van der Waals surface area (Å²) in [6, 6.07) is 8.01. The highest BCUT2D eigenvalue weighted by Gasteiger charge is 2.16. The van der Waals surface area contributed by atoms with Crippen molar-refractivity contribution in [3.63, 3.8) is 0 Å². The summed E-state index contributed by atoms with van der Waals surface area (Å²) in [5, 5.41) is 6.31. The lowest BCUT2D eigenvalue weighted by Gasteiger charge is -2.22. The Balaban J connectivity index is 1.86. The smallest absolute Gasteiger partial charge is 0.225 e. The van der Waals surface area contributed by atoms with Crippen LogP contribution in [-0.2, 0) is 4.79 Å². The van der Waals surface area contributed by atoms with Crippen LogP contribution in [0, 0.1) is 0 Å². The molecule has 1 aliphatic heterocycles. The van der Waals surface area contributed by atoms with Gasteiger partial charge in [-0.1, -0.05) is 18.6 Å². The van der Waals surface area contributed by atoms with Crippen molar-refractivity contribution in [1.82, 2.24) is 5.32 Å². The summed E-state index contributed by atoms with van der Waals surface area (Å²) in [6.45, 7) is 1.03. The van der Waals surface area contributed by atoms with Gasteiger partial charge in [-0.2, -0.15) is 0 Å². The maximum Gasteiger partial charge on any atom is 0.225 e. The van der Waals surface area contributed by atoms with Crippen LogP contribution in [0.5, 0.6) is 0 Å². The first-order valence-electron chi connectivity index (χ1n) is 6.03. The highest BCUT2D eigenvalue weighted by molar-refractivity contribution is 9.10. The van der Waals surface area contributed by atoms with Gasteiger partial charge in [0, 0.05) is 16.9 Å². The number of para-hydroxylation sites is 1. The van der Waals surface area contributed by atoms with Crippen molar-refractivity contribution in [2.45, 2.75) is 31.7 Å². The Morgan fingerprint density at radius 2 is 2.24 bits per heavy atom. The molecule has 1 heterocycles. The number of nitrogens with one attached hydrogen (secondary N) is 2. The third-order valence-corrected chi connectivity index (χ3v) is 3.68. The third kappa shape index (κ3) is 3.82. The first-order chi connectivity index (χ1) is 8.25. The van der Waals surface area contributed by atoms with E-state index in [0.29, 0.717) is 12.5 Å². The number of benzene rings is 1. The van der Waals surface area contributed by atoms with Gasteiger partial charge >= 0.3 is 0 Å². The van der Waals surface area contributed by atoms with Crippen LogP contribution in [0.25, 0.3) is 0 Å². The van der Waals surface area contributed by atoms with Gasteiger partial charge in [-0.05, 0) is 47.4 Å². The monoisotopic (exact) mass is 296 g/mol. The fourth-order valence-corrected chi connectivity index (χ4v) is 2.47. The van der Waals surface area contributed by atoms with Crippen molar-refractivity contribution < 1.29 is 4.79 Å². The molecule has 1 aromatic carbocycles. The maximum absolute atomic E-state index is 11.9. The fraction of sp³-hybridized carbons (Fsp3) is 0.462. The summed E-state index contributed by atoms with van der Waals surface area (Å²) in [4.78, 5) is 11.9. The minimum absolute atomic E-state index is 0.0799. The Bertz CT molecular complexity index is 389. The van der Waals surface area contributed by atoms with Crippen molar-refractivity contribution in [3.8, 4) is 0 Å². The van der Waals surface area contributed by atoms with Gasteiger partial charge in [0.2, 0.25) is 5.91 Å². The van der Waals surface area contributed by atoms with E-state index in [1.165, 1.54) is 12.8 Å². The number of hydrogen-bond donors (Lipinski definition) is 2. The Hall–Kier alpha value is -0.870. The quantitative estimate of drug-likeness (QED) is 0.900. The zero-order valence-corrected chi connectivity index (χ0v) is 11.3. The van der Waals surface area contributed by atoms with Gasteiger partial charge in [0.05, 0.1) is 5.69 Å².